The van der Waals surface area contributed by atoms with Crippen LogP contribution in [0.25, 0.3) is 10.4 Å². The van der Waals surface area contributed by atoms with Gasteiger partial charge in [0.1, 0.15) is 13.2 Å². The number of methoxy groups -OCH3 is 1. The van der Waals surface area contributed by atoms with Gasteiger partial charge in [0.15, 0.2) is 11.5 Å². The Morgan fingerprint density at radius 1 is 1.32 bits per heavy atom. The van der Waals surface area contributed by atoms with Gasteiger partial charge < -0.3 is 14.4 Å². The van der Waals surface area contributed by atoms with Gasteiger partial charge in [0.2, 0.25) is 5.91 Å². The fourth-order valence-electron chi connectivity index (χ4n) is 3.50. The molecule has 146 valence electrons. The number of hydrogen-bond acceptors (Lipinski definition) is 5. The summed E-state index contributed by atoms with van der Waals surface area (Å²) >= 11 is 1.68. The summed E-state index contributed by atoms with van der Waals surface area (Å²) in [6, 6.07) is 10.2. The van der Waals surface area contributed by atoms with E-state index in [2.05, 4.69) is 17.2 Å². The van der Waals surface area contributed by atoms with Crippen molar-refractivity contribution in [1.82, 2.24) is 14.7 Å². The Hall–Kier alpha value is -2.80. The van der Waals surface area contributed by atoms with Gasteiger partial charge >= 0.3 is 0 Å². The highest BCUT2D eigenvalue weighted by Gasteiger charge is 2.24. The van der Waals surface area contributed by atoms with Gasteiger partial charge in [0.05, 0.1) is 19.3 Å². The zero-order valence-electron chi connectivity index (χ0n) is 16.3. The van der Waals surface area contributed by atoms with Gasteiger partial charge in [-0.05, 0) is 49.1 Å². The normalized spacial score (nSPS) is 13.6. The second kappa shape index (κ2) is 7.67. The fraction of sp³-hybridized carbons (Fsp3) is 0.333. The third-order valence-corrected chi connectivity index (χ3v) is 5.79. The van der Waals surface area contributed by atoms with Crippen LogP contribution in [-0.4, -0.2) is 40.8 Å². The molecule has 0 bridgehead atoms. The van der Waals surface area contributed by atoms with E-state index in [-0.39, 0.29) is 12.5 Å². The predicted molar refractivity (Wildman–Crippen MR) is 109 cm³/mol. The average molecular weight is 398 g/mol. The predicted octanol–water partition coefficient (Wildman–Crippen LogP) is 3.66. The highest BCUT2D eigenvalue weighted by Crippen LogP contribution is 2.39. The van der Waals surface area contributed by atoms with Gasteiger partial charge in [-0.2, -0.15) is 5.10 Å². The molecule has 0 radical (unpaired) electrons. The van der Waals surface area contributed by atoms with E-state index in [1.54, 1.807) is 23.1 Å². The zero-order valence-corrected chi connectivity index (χ0v) is 17.1. The molecule has 4 rings (SSSR count). The topological polar surface area (TPSA) is 56.6 Å². The molecule has 6 nitrogen and oxygen atoms in total. The second-order valence-electron chi connectivity index (χ2n) is 6.89. The summed E-state index contributed by atoms with van der Waals surface area (Å²) in [5.41, 5.74) is 3.93. The van der Waals surface area contributed by atoms with E-state index in [1.807, 2.05) is 42.3 Å². The number of thiophene rings is 1. The summed E-state index contributed by atoms with van der Waals surface area (Å²) in [6.07, 6.45) is 0. The SMILES string of the molecule is COc1cc(-c2cccs2)cc2c1OCCN(C(=O)Cn1nc(C)cc1C)C2. The van der Waals surface area contributed by atoms with E-state index in [9.17, 15) is 4.79 Å². The molecule has 7 heteroatoms. The minimum Gasteiger partial charge on any atom is -0.493 e. The molecule has 1 aliphatic heterocycles. The Balaban J connectivity index is 1.62. The fourth-order valence-corrected chi connectivity index (χ4v) is 4.21. The van der Waals surface area contributed by atoms with E-state index < -0.39 is 0 Å². The van der Waals surface area contributed by atoms with E-state index >= 15 is 0 Å². The third-order valence-electron chi connectivity index (χ3n) is 4.87. The first-order valence-electron chi connectivity index (χ1n) is 9.21. The number of rotatable bonds is 4. The van der Waals surface area contributed by atoms with Gasteiger partial charge in [-0.25, -0.2) is 0 Å². The molecular weight excluding hydrogens is 374 g/mol. The molecule has 0 N–H and O–H groups in total. The molecule has 3 aromatic rings. The lowest BCUT2D eigenvalue weighted by Gasteiger charge is -2.20. The van der Waals surface area contributed by atoms with Crippen molar-refractivity contribution in [2.24, 2.45) is 0 Å². The number of amides is 1. The summed E-state index contributed by atoms with van der Waals surface area (Å²) < 4.78 is 13.3. The monoisotopic (exact) mass is 397 g/mol. The van der Waals surface area contributed by atoms with Crippen LogP contribution in [0.5, 0.6) is 11.5 Å². The number of benzene rings is 1. The van der Waals surface area contributed by atoms with Crippen LogP contribution >= 0.6 is 11.3 Å². The molecular formula is C21H23N3O3S. The summed E-state index contributed by atoms with van der Waals surface area (Å²) in [5.74, 6) is 1.46. The molecule has 0 spiro atoms. The molecule has 0 aliphatic carbocycles. The summed E-state index contributed by atoms with van der Waals surface area (Å²) in [5, 5.41) is 6.46. The lowest BCUT2D eigenvalue weighted by Crippen LogP contribution is -2.35. The summed E-state index contributed by atoms with van der Waals surface area (Å²) in [4.78, 5) is 15.9. The quantitative estimate of drug-likeness (QED) is 0.674. The molecule has 0 saturated heterocycles. The number of nitrogens with zero attached hydrogens (tertiary/aromatic N) is 3. The summed E-state index contributed by atoms with van der Waals surface area (Å²) in [7, 11) is 1.65. The first kappa shape index (κ1) is 18.6. The molecule has 1 aromatic carbocycles. The van der Waals surface area contributed by atoms with E-state index in [0.29, 0.717) is 25.4 Å². The van der Waals surface area contributed by atoms with Gasteiger partial charge in [-0.1, -0.05) is 6.07 Å². The van der Waals surface area contributed by atoms with Gasteiger partial charge in [-0.15, -0.1) is 11.3 Å². The Morgan fingerprint density at radius 3 is 2.86 bits per heavy atom. The first-order valence-corrected chi connectivity index (χ1v) is 10.1. The largest absolute Gasteiger partial charge is 0.493 e. The average Bonchev–Trinajstić information content (AvgIpc) is 3.25. The van der Waals surface area contributed by atoms with Crippen molar-refractivity contribution in [1.29, 1.82) is 0 Å². The highest BCUT2D eigenvalue weighted by atomic mass is 32.1. The Bertz CT molecular complexity index is 995. The van der Waals surface area contributed by atoms with Crippen molar-refractivity contribution >= 4 is 17.2 Å². The maximum absolute atomic E-state index is 12.9. The molecule has 0 fully saturated rings. The van der Waals surface area contributed by atoms with Gasteiger partial charge in [0.25, 0.3) is 0 Å². The highest BCUT2D eigenvalue weighted by molar-refractivity contribution is 7.13. The number of aromatic nitrogens is 2. The lowest BCUT2D eigenvalue weighted by molar-refractivity contribution is -0.132. The van der Waals surface area contributed by atoms with Crippen LogP contribution in [0, 0.1) is 13.8 Å². The number of hydrogen-bond donors (Lipinski definition) is 0. The van der Waals surface area contributed by atoms with Crippen LogP contribution in [0.3, 0.4) is 0 Å². The number of carbonyl (C=O) groups is 1. The van der Waals surface area contributed by atoms with E-state index in [0.717, 1.165) is 33.1 Å². The molecule has 0 unspecified atom stereocenters. The van der Waals surface area contributed by atoms with Gasteiger partial charge in [0, 0.05) is 22.7 Å². The van der Waals surface area contributed by atoms with Crippen molar-refractivity contribution in [2.45, 2.75) is 26.9 Å². The number of fused-ring (bicyclic) bond motifs is 1. The summed E-state index contributed by atoms with van der Waals surface area (Å²) in [6.45, 7) is 5.59. The standard InChI is InChI=1S/C21H23N3O3S/c1-14-9-15(2)24(22-14)13-20(25)23-6-7-27-21-17(12-23)10-16(11-18(21)26-3)19-5-4-8-28-19/h4-5,8-11H,6-7,12-13H2,1-3H3. The Kier molecular flexibility index (Phi) is 5.09. The van der Waals surface area contributed by atoms with Crippen LogP contribution in [0.1, 0.15) is 17.0 Å². The minimum atomic E-state index is 0.0307. The molecule has 0 saturated carbocycles. The Labute approximate surface area is 168 Å². The van der Waals surface area contributed by atoms with E-state index in [4.69, 9.17) is 9.47 Å². The third kappa shape index (κ3) is 3.62. The van der Waals surface area contributed by atoms with Crippen molar-refractivity contribution in [2.75, 3.05) is 20.3 Å². The van der Waals surface area contributed by atoms with Crippen LogP contribution < -0.4 is 9.47 Å². The van der Waals surface area contributed by atoms with Crippen LogP contribution in [0.15, 0.2) is 35.7 Å². The number of carbonyl (C=O) groups excluding carboxylic acids is 1. The van der Waals surface area contributed by atoms with E-state index in [1.165, 1.54) is 0 Å². The molecule has 0 atom stereocenters. The van der Waals surface area contributed by atoms with Crippen molar-refractivity contribution in [3.63, 3.8) is 0 Å². The molecule has 1 amide bonds. The number of aryl methyl sites for hydroxylation is 2. The molecule has 1 aliphatic rings. The first-order chi connectivity index (χ1) is 13.5. The van der Waals surface area contributed by atoms with Crippen LogP contribution in [-0.2, 0) is 17.9 Å². The van der Waals surface area contributed by atoms with Crippen LogP contribution in [0.2, 0.25) is 0 Å². The number of ether oxygens (including phenoxy) is 2. The lowest BCUT2D eigenvalue weighted by atomic mass is 10.1. The van der Waals surface area contributed by atoms with Crippen LogP contribution in [0.4, 0.5) is 0 Å². The smallest absolute Gasteiger partial charge is 0.244 e. The Morgan fingerprint density at radius 2 is 2.18 bits per heavy atom. The van der Waals surface area contributed by atoms with Gasteiger partial charge in [-0.3, -0.25) is 9.48 Å². The molecule has 3 heterocycles. The van der Waals surface area contributed by atoms with Crippen molar-refractivity contribution in [3.05, 3.63) is 52.7 Å². The van der Waals surface area contributed by atoms with Crippen molar-refractivity contribution < 1.29 is 14.3 Å². The molecule has 2 aromatic heterocycles. The maximum atomic E-state index is 12.9. The maximum Gasteiger partial charge on any atom is 0.244 e. The van der Waals surface area contributed by atoms with Crippen molar-refractivity contribution in [3.8, 4) is 21.9 Å². The molecule has 28 heavy (non-hydrogen) atoms. The minimum absolute atomic E-state index is 0.0307. The second-order valence-corrected chi connectivity index (χ2v) is 7.84. The zero-order chi connectivity index (χ0) is 19.7.